The standard InChI is InChI=1S/C83H114FN19O23/c1-7-54-40-60(125-31-16-15-30-103-46-58(97-102-103)48-124-38-37-123-36-35-122-34-33-121-32-29-86-69(108)49-126-59-18-11-9-8-10-12-19-59)25-26-61(54)55-23-21-53(22-24-55)39-65(78(116)117)91-74(112)64(42-70(109)110)90-75(113)66(47-104)92-76(114)71(51(2)105)95-81(120)83(6,43-56-17-13-14-20-62(56)84)96-77(115)72(52(3)106)94-68(107)45-88-73(111)63(41-67-98-100-101-99-67)93-80(119)82(4,5)79(118)87-28-27-57-44-85-50-89-57/h13-14,17,20-26,40,44,46,50-52,59,63-66,71-72,104-106H,7-11,15-16,18,27-39,41-43,45,47-49H2,1-6H3,(H,85,89)(H,86,108)(H,87,118)(H,88,111)(H,90,113)(H,91,112)(H,92,114)(H,93,119)(H,94,107)(H,95,120)(H,96,115)(H,109,110)(H,116,117)(H,98,99,100,101)/t51-,52-,59?,63+,64+,65+,66+,71+,72+,83+/m1/s1. The number of carboxylic acid groups (broad SMARTS) is 2. The van der Waals surface area contributed by atoms with Crippen LogP contribution in [0.5, 0.6) is 5.75 Å². The number of halogens is 1. The van der Waals surface area contributed by atoms with Crippen molar-refractivity contribution in [1.29, 1.82) is 0 Å². The molecule has 43 heteroatoms. The summed E-state index contributed by atoms with van der Waals surface area (Å²) in [6, 6.07) is 6.00. The first-order valence-electron chi connectivity index (χ1n) is 41.3. The minimum absolute atomic E-state index is 0.0269. The Labute approximate surface area is 725 Å². The molecule has 3 heterocycles. The third-order valence-corrected chi connectivity index (χ3v) is 19.8. The average Bonchev–Trinajstić information content (AvgIpc) is 1.12. The zero-order valence-corrected chi connectivity index (χ0v) is 71.2. The molecule has 10 atom stereocenters. The fraction of sp³-hybridized carbons (Fsp3) is 0.542. The number of carbonyl (C=O) groups is 12. The van der Waals surface area contributed by atoms with Gasteiger partial charge in [-0.2, -0.15) is 5.21 Å². The van der Waals surface area contributed by atoms with Gasteiger partial charge in [0, 0.05) is 63.6 Å². The molecular formula is C83H114FN19O23. The highest BCUT2D eigenvalue weighted by molar-refractivity contribution is 6.06. The average molecular weight is 1760 g/mol. The second kappa shape index (κ2) is 52.5. The van der Waals surface area contributed by atoms with E-state index >= 15 is 4.39 Å². The van der Waals surface area contributed by atoms with Crippen molar-refractivity contribution in [2.45, 2.75) is 198 Å². The van der Waals surface area contributed by atoms with Crippen molar-refractivity contribution in [1.82, 2.24) is 98.8 Å². The van der Waals surface area contributed by atoms with Gasteiger partial charge in [-0.1, -0.05) is 78.2 Å². The summed E-state index contributed by atoms with van der Waals surface area (Å²) in [6.45, 7) is 9.89. The van der Waals surface area contributed by atoms with Crippen molar-refractivity contribution >= 4 is 71.0 Å². The fourth-order valence-electron chi connectivity index (χ4n) is 12.6. The topological polar surface area (TPSA) is 596 Å². The number of tetrazole rings is 1. The van der Waals surface area contributed by atoms with E-state index in [0.717, 1.165) is 82.1 Å². The number of hydrogen-bond donors (Lipinski definition) is 17. The molecule has 0 aliphatic heterocycles. The number of H-pyrrole nitrogens is 2. The molecule has 6 aromatic rings. The Morgan fingerprint density at radius 3 is 2.02 bits per heavy atom. The number of aliphatic hydroxyl groups excluding tert-OH is 3. The first kappa shape index (κ1) is 101. The van der Waals surface area contributed by atoms with Gasteiger partial charge < -0.3 is 112 Å². The molecule has 126 heavy (non-hydrogen) atoms. The Morgan fingerprint density at radius 2 is 1.36 bits per heavy atom. The Kier molecular flexibility index (Phi) is 42.0. The maximum absolute atomic E-state index is 15.5. The third kappa shape index (κ3) is 34.3. The minimum Gasteiger partial charge on any atom is -0.494 e. The van der Waals surface area contributed by atoms with Crippen LogP contribution in [0.25, 0.3) is 11.1 Å². The molecule has 0 radical (unpaired) electrons. The van der Waals surface area contributed by atoms with E-state index in [2.05, 4.69) is 106 Å². The van der Waals surface area contributed by atoms with E-state index in [0.29, 0.717) is 108 Å². The first-order valence-corrected chi connectivity index (χ1v) is 41.3. The number of benzene rings is 3. The van der Waals surface area contributed by atoms with Gasteiger partial charge in [0.2, 0.25) is 59.1 Å². The van der Waals surface area contributed by atoms with E-state index in [1.807, 2.05) is 31.3 Å². The summed E-state index contributed by atoms with van der Waals surface area (Å²) < 4.78 is 51.3. The molecule has 0 fully saturated rings. The number of aromatic nitrogens is 9. The lowest BCUT2D eigenvalue weighted by molar-refractivity contribution is -0.144. The third-order valence-electron chi connectivity index (χ3n) is 19.8. The molecule has 7 rings (SSSR count). The van der Waals surface area contributed by atoms with Crippen molar-refractivity contribution in [3.05, 3.63) is 125 Å². The quantitative estimate of drug-likeness (QED) is 0.0116. The minimum atomic E-state index is -2.39. The molecule has 3 aromatic heterocycles. The van der Waals surface area contributed by atoms with Gasteiger partial charge in [0.25, 0.3) is 0 Å². The first-order chi connectivity index (χ1) is 60.4. The molecule has 10 amide bonds. The van der Waals surface area contributed by atoms with Gasteiger partial charge in [-0.15, -0.1) is 21.2 Å². The van der Waals surface area contributed by atoms with Crippen molar-refractivity contribution in [3.8, 4) is 28.7 Å². The number of aryl methyl sites for hydroxylation is 2. The Balaban J connectivity index is 0.843. The Bertz CT molecular complexity index is 4580. The highest BCUT2D eigenvalue weighted by Crippen LogP contribution is 2.30. The molecular weight excluding hydrogens is 1650 g/mol. The molecule has 0 saturated heterocycles. The predicted molar refractivity (Wildman–Crippen MR) is 444 cm³/mol. The fourth-order valence-corrected chi connectivity index (χ4v) is 12.6. The predicted octanol–water partition coefficient (Wildman–Crippen LogP) is -1.60. The number of imidazole rings is 1. The number of ether oxygens (including phenoxy) is 6. The molecule has 42 nitrogen and oxygen atoms in total. The van der Waals surface area contributed by atoms with E-state index in [-0.39, 0.29) is 49.6 Å². The van der Waals surface area contributed by atoms with E-state index in [1.165, 1.54) is 38.4 Å². The number of carbonyl (C=O) groups excluding carboxylic acids is 10. The van der Waals surface area contributed by atoms with Crippen LogP contribution in [0.2, 0.25) is 0 Å². The molecule has 17 N–H and O–H groups in total. The number of amides is 10. The van der Waals surface area contributed by atoms with Crippen LogP contribution in [0.1, 0.15) is 127 Å². The maximum atomic E-state index is 15.5. The van der Waals surface area contributed by atoms with E-state index in [4.69, 9.17) is 28.4 Å². The maximum Gasteiger partial charge on any atom is 0.326 e. The summed E-state index contributed by atoms with van der Waals surface area (Å²) in [4.78, 5) is 169. The van der Waals surface area contributed by atoms with Gasteiger partial charge in [-0.25, -0.2) is 14.2 Å². The number of aliphatic carboxylic acids is 2. The number of unbranched alkanes of at least 4 members (excludes halogenated alkanes) is 1. The van der Waals surface area contributed by atoms with Gasteiger partial charge in [-0.3, -0.25) is 57.4 Å². The molecule has 0 spiro atoms. The number of hydrogen-bond acceptors (Lipinski definition) is 27. The van der Waals surface area contributed by atoms with Crippen LogP contribution < -0.4 is 57.9 Å². The summed E-state index contributed by atoms with van der Waals surface area (Å²) in [5.41, 5.74) is 0.0363. The van der Waals surface area contributed by atoms with Crippen LogP contribution in [0, 0.1) is 23.1 Å². The van der Waals surface area contributed by atoms with Gasteiger partial charge in [0.1, 0.15) is 77.2 Å². The summed E-state index contributed by atoms with van der Waals surface area (Å²) in [5, 5.41) is 97.7. The lowest BCUT2D eigenvalue weighted by Gasteiger charge is -2.34. The van der Waals surface area contributed by atoms with Crippen molar-refractivity contribution in [3.63, 3.8) is 0 Å². The Hall–Kier alpha value is -12.3. The van der Waals surface area contributed by atoms with Gasteiger partial charge in [0.05, 0.1) is 104 Å². The second-order valence-corrected chi connectivity index (χ2v) is 30.4. The van der Waals surface area contributed by atoms with Gasteiger partial charge in [0.15, 0.2) is 5.82 Å². The van der Waals surface area contributed by atoms with Gasteiger partial charge >= 0.3 is 11.9 Å². The van der Waals surface area contributed by atoms with Crippen molar-refractivity contribution < 1.29 is 116 Å². The number of aliphatic hydroxyl groups is 3. The Morgan fingerprint density at radius 1 is 0.667 bits per heavy atom. The molecule has 1 aliphatic carbocycles. The molecule has 1 unspecified atom stereocenters. The number of carboxylic acids is 2. The van der Waals surface area contributed by atoms with Crippen molar-refractivity contribution in [2.24, 2.45) is 5.41 Å². The molecule has 0 saturated carbocycles. The number of nitrogens with one attached hydrogen (secondary N) is 12. The van der Waals surface area contributed by atoms with Crippen molar-refractivity contribution in [2.75, 3.05) is 85.7 Å². The second-order valence-electron chi connectivity index (χ2n) is 30.4. The lowest BCUT2D eigenvalue weighted by atomic mass is 9.90. The van der Waals surface area contributed by atoms with Crippen LogP contribution in [0.4, 0.5) is 4.39 Å². The highest BCUT2D eigenvalue weighted by atomic mass is 19.1. The van der Waals surface area contributed by atoms with E-state index in [1.54, 1.807) is 35.1 Å². The zero-order valence-electron chi connectivity index (χ0n) is 71.2. The lowest BCUT2D eigenvalue weighted by Crippen LogP contribution is -2.67. The van der Waals surface area contributed by atoms with E-state index < -0.39 is 163 Å². The van der Waals surface area contributed by atoms with Crippen LogP contribution in [-0.4, -0.2) is 288 Å². The van der Waals surface area contributed by atoms with E-state index in [9.17, 15) is 83.1 Å². The number of aromatic amines is 2. The molecule has 3 aromatic carbocycles. The molecule has 1 aliphatic rings. The summed E-state index contributed by atoms with van der Waals surface area (Å²) >= 11 is 0. The summed E-state index contributed by atoms with van der Waals surface area (Å²) in [5.74, 6) is -8.02. The number of nitrogens with zero attached hydrogens (tertiary/aromatic N) is 7. The SMILES string of the molecule is CCc1cc(OCCCCn2cc(COCCOCCOCCOCCNC(=O)COC3C#CCCCCC3)nn2)ccc1-c1ccc(C[C@H](NC(=O)[C@H](CC(=O)O)NC(=O)[C@H](CO)NC(=O)[C@@H](NC(=O)[C@](C)(Cc2ccccc2F)NC(=O)[C@@H](NC(=O)CNC(=O)[C@H](Cc2nn[nH]n2)NC(=O)C(C)(C)C(=O)NCCc2cnc[nH]2)[C@@H](C)O)[C@@H](C)O)C(=O)O)cc1. The monoisotopic (exact) mass is 1760 g/mol. The van der Waals surface area contributed by atoms with Crippen LogP contribution in [0.15, 0.2) is 85.5 Å². The van der Waals surface area contributed by atoms with Crippen LogP contribution in [0.3, 0.4) is 0 Å². The number of rotatable bonds is 57. The van der Waals surface area contributed by atoms with Crippen LogP contribution in [-0.2, 0) is 126 Å². The zero-order chi connectivity index (χ0) is 91.6. The highest BCUT2D eigenvalue weighted by Gasteiger charge is 2.43. The summed E-state index contributed by atoms with van der Waals surface area (Å²) in [6.07, 6.45) is 5.78. The molecule has 0 bridgehead atoms. The largest absolute Gasteiger partial charge is 0.494 e. The normalized spacial score (nSPS) is 15.0. The summed E-state index contributed by atoms with van der Waals surface area (Å²) in [7, 11) is 0. The smallest absolute Gasteiger partial charge is 0.326 e. The molecule has 686 valence electrons. The van der Waals surface area contributed by atoms with Crippen LogP contribution >= 0.6 is 0 Å². The van der Waals surface area contributed by atoms with Gasteiger partial charge in [-0.05, 0) is 119 Å².